The molecular weight excluding hydrogens is 420 g/mol. The van der Waals surface area contributed by atoms with Crippen LogP contribution in [0.3, 0.4) is 0 Å². The Labute approximate surface area is 176 Å². The summed E-state index contributed by atoms with van der Waals surface area (Å²) in [7, 11) is 0. The lowest BCUT2D eigenvalue weighted by molar-refractivity contribution is -0.145. The highest BCUT2D eigenvalue weighted by Gasteiger charge is 2.48. The zero-order chi connectivity index (χ0) is 23.0. The van der Waals surface area contributed by atoms with Crippen LogP contribution in [0.5, 0.6) is 0 Å². The van der Waals surface area contributed by atoms with Gasteiger partial charge in [0, 0.05) is 5.41 Å². The molecule has 1 aliphatic rings. The Kier molecular flexibility index (Phi) is 6.13. The van der Waals surface area contributed by atoms with E-state index < -0.39 is 46.8 Å². The van der Waals surface area contributed by atoms with Crippen LogP contribution in [-0.2, 0) is 29.0 Å². The molecule has 168 valence electrons. The summed E-state index contributed by atoms with van der Waals surface area (Å²) in [6.07, 6.45) is -7.97. The van der Waals surface area contributed by atoms with Crippen LogP contribution in [0.1, 0.15) is 65.5 Å². The molecule has 2 aromatic carbocycles. The topological polar surface area (TPSA) is 43.1 Å². The van der Waals surface area contributed by atoms with E-state index in [1.165, 1.54) is 0 Å². The molecule has 0 spiro atoms. The van der Waals surface area contributed by atoms with Gasteiger partial charge in [0.15, 0.2) is 0 Å². The Morgan fingerprint density at radius 1 is 0.968 bits per heavy atom. The van der Waals surface area contributed by atoms with Crippen LogP contribution in [0, 0.1) is 6.92 Å². The molecule has 0 atom stereocenters. The molecule has 0 heterocycles. The van der Waals surface area contributed by atoms with Gasteiger partial charge in [-0.05, 0) is 48.1 Å². The number of carbonyl (C=O) groups is 1. The normalized spacial score (nSPS) is 16.9. The number of nitrogens with two attached hydrogens (primary N) is 1. The number of hydrogen-bond acceptors (Lipinski definition) is 1. The summed E-state index contributed by atoms with van der Waals surface area (Å²) in [6, 6.07) is 9.21. The number of amides is 1. The van der Waals surface area contributed by atoms with Gasteiger partial charge in [0.25, 0.3) is 0 Å². The summed E-state index contributed by atoms with van der Waals surface area (Å²) >= 11 is 0. The van der Waals surface area contributed by atoms with E-state index in [-0.39, 0.29) is 11.1 Å². The van der Waals surface area contributed by atoms with Crippen molar-refractivity contribution in [3.63, 3.8) is 0 Å². The van der Waals surface area contributed by atoms with E-state index in [4.69, 9.17) is 5.73 Å². The Bertz CT molecular complexity index is 957. The first-order valence-electron chi connectivity index (χ1n) is 10.0. The fraction of sp³-hybridized carbons (Fsp3) is 0.435. The van der Waals surface area contributed by atoms with Crippen molar-refractivity contribution in [1.82, 2.24) is 0 Å². The second-order valence-electron chi connectivity index (χ2n) is 8.11. The first-order valence-corrected chi connectivity index (χ1v) is 10.0. The Morgan fingerprint density at radius 3 is 2.03 bits per heavy atom. The lowest BCUT2D eigenvalue weighted by Crippen LogP contribution is -2.36. The van der Waals surface area contributed by atoms with E-state index in [2.05, 4.69) is 0 Å². The van der Waals surface area contributed by atoms with Gasteiger partial charge in [-0.3, -0.25) is 4.79 Å². The minimum absolute atomic E-state index is 0.241. The van der Waals surface area contributed by atoms with E-state index in [9.17, 15) is 31.1 Å². The zero-order valence-corrected chi connectivity index (χ0v) is 17.0. The van der Waals surface area contributed by atoms with Gasteiger partial charge < -0.3 is 5.73 Å². The van der Waals surface area contributed by atoms with E-state index in [0.29, 0.717) is 37.3 Å². The lowest BCUT2D eigenvalue weighted by Gasteiger charge is -2.42. The van der Waals surface area contributed by atoms with Gasteiger partial charge in [0.2, 0.25) is 5.91 Å². The third-order valence-electron chi connectivity index (χ3n) is 6.13. The van der Waals surface area contributed by atoms with Gasteiger partial charge in [-0.1, -0.05) is 49.6 Å². The van der Waals surface area contributed by atoms with Gasteiger partial charge in [0.1, 0.15) is 0 Å². The molecule has 0 aliphatic heterocycles. The van der Waals surface area contributed by atoms with Crippen molar-refractivity contribution in [2.45, 2.75) is 63.2 Å². The molecule has 2 aromatic rings. The first-order chi connectivity index (χ1) is 14.4. The second kappa shape index (κ2) is 8.20. The summed E-state index contributed by atoms with van der Waals surface area (Å²) in [6.45, 7) is 0.852. The fourth-order valence-electron chi connectivity index (χ4n) is 4.96. The van der Waals surface area contributed by atoms with Crippen molar-refractivity contribution in [3.05, 3.63) is 69.8 Å². The summed E-state index contributed by atoms with van der Waals surface area (Å²) in [5, 5.41) is 0. The largest absolute Gasteiger partial charge is 0.416 e. The summed E-state index contributed by atoms with van der Waals surface area (Å²) in [5.41, 5.74) is 0.607. The van der Waals surface area contributed by atoms with Crippen molar-refractivity contribution >= 4 is 5.91 Å². The molecule has 31 heavy (non-hydrogen) atoms. The number of rotatable bonds is 4. The Hall–Kier alpha value is -2.51. The van der Waals surface area contributed by atoms with Crippen LogP contribution in [0.25, 0.3) is 0 Å². The molecule has 8 heteroatoms. The second-order valence-corrected chi connectivity index (χ2v) is 8.11. The zero-order valence-electron chi connectivity index (χ0n) is 17.0. The Morgan fingerprint density at radius 2 is 1.55 bits per heavy atom. The monoisotopic (exact) mass is 443 g/mol. The number of carbonyl (C=O) groups excluding carboxylic acids is 1. The van der Waals surface area contributed by atoms with Crippen LogP contribution in [0.2, 0.25) is 0 Å². The molecule has 2 N–H and O–H groups in total. The standard InChI is InChI=1S/C23H23F6NO/c1-14-17(22(24,25)26)12-15(13-18(30)31)20(19(14)23(27,28)29)21(10-6-3-7-11-21)16-8-4-2-5-9-16/h2,4-5,8-9,12H,3,6-7,10-11,13H2,1H3,(H2,30,31). The van der Waals surface area contributed by atoms with Gasteiger partial charge >= 0.3 is 12.4 Å². The highest BCUT2D eigenvalue weighted by molar-refractivity contribution is 5.78. The fourth-order valence-corrected chi connectivity index (χ4v) is 4.96. The molecule has 1 fully saturated rings. The van der Waals surface area contributed by atoms with Crippen molar-refractivity contribution in [1.29, 1.82) is 0 Å². The van der Waals surface area contributed by atoms with Crippen molar-refractivity contribution < 1.29 is 31.1 Å². The smallest absolute Gasteiger partial charge is 0.369 e. The molecule has 0 saturated heterocycles. The van der Waals surface area contributed by atoms with Gasteiger partial charge in [0.05, 0.1) is 17.5 Å². The van der Waals surface area contributed by atoms with Crippen LogP contribution in [0.15, 0.2) is 36.4 Å². The maximum atomic E-state index is 14.4. The number of benzene rings is 2. The molecule has 1 saturated carbocycles. The van der Waals surface area contributed by atoms with Gasteiger partial charge in [-0.25, -0.2) is 0 Å². The minimum Gasteiger partial charge on any atom is -0.369 e. The van der Waals surface area contributed by atoms with E-state index in [1.807, 2.05) is 0 Å². The molecular formula is C23H23F6NO. The van der Waals surface area contributed by atoms with Crippen LogP contribution in [-0.4, -0.2) is 5.91 Å². The number of hydrogen-bond donors (Lipinski definition) is 1. The van der Waals surface area contributed by atoms with E-state index in [0.717, 1.165) is 13.3 Å². The third-order valence-corrected chi connectivity index (χ3v) is 6.13. The average molecular weight is 443 g/mol. The average Bonchev–Trinajstić information content (AvgIpc) is 2.68. The van der Waals surface area contributed by atoms with Gasteiger partial charge in [-0.2, -0.15) is 26.3 Å². The molecule has 1 amide bonds. The van der Waals surface area contributed by atoms with Crippen LogP contribution in [0.4, 0.5) is 26.3 Å². The lowest BCUT2D eigenvalue weighted by atomic mass is 9.62. The molecule has 2 nitrogen and oxygen atoms in total. The molecule has 0 unspecified atom stereocenters. The van der Waals surface area contributed by atoms with Crippen LogP contribution < -0.4 is 5.73 Å². The Balaban J connectivity index is 2.48. The molecule has 3 rings (SSSR count). The number of halogens is 6. The van der Waals surface area contributed by atoms with E-state index in [1.54, 1.807) is 30.3 Å². The predicted molar refractivity (Wildman–Crippen MR) is 104 cm³/mol. The van der Waals surface area contributed by atoms with Crippen molar-refractivity contribution in [2.75, 3.05) is 0 Å². The quantitative estimate of drug-likeness (QED) is 0.553. The number of primary amides is 1. The minimum atomic E-state index is -5.04. The van der Waals surface area contributed by atoms with Crippen molar-refractivity contribution in [2.24, 2.45) is 5.73 Å². The summed E-state index contributed by atoms with van der Waals surface area (Å²) < 4.78 is 84.0. The SMILES string of the molecule is Cc1c(C(F)(F)F)cc(CC(N)=O)c(C2(c3ccccc3)CCCCC2)c1C(F)(F)F. The first kappa shape index (κ1) is 23.2. The third kappa shape index (κ3) is 4.43. The number of alkyl halides is 6. The molecule has 0 radical (unpaired) electrons. The highest BCUT2D eigenvalue weighted by atomic mass is 19.4. The summed E-state index contributed by atoms with van der Waals surface area (Å²) in [5.74, 6) is -0.981. The maximum Gasteiger partial charge on any atom is 0.416 e. The molecule has 0 bridgehead atoms. The highest BCUT2D eigenvalue weighted by Crippen LogP contribution is 2.52. The van der Waals surface area contributed by atoms with Gasteiger partial charge in [-0.15, -0.1) is 0 Å². The van der Waals surface area contributed by atoms with Crippen molar-refractivity contribution in [3.8, 4) is 0 Å². The predicted octanol–water partition coefficient (Wildman–Crippen LogP) is 6.31. The summed E-state index contributed by atoms with van der Waals surface area (Å²) in [4.78, 5) is 11.7. The molecule has 0 aromatic heterocycles. The molecule has 1 aliphatic carbocycles. The van der Waals surface area contributed by atoms with E-state index >= 15 is 0 Å². The maximum absolute atomic E-state index is 14.4. The van der Waals surface area contributed by atoms with Crippen LogP contribution >= 0.6 is 0 Å².